The van der Waals surface area contributed by atoms with Crippen LogP contribution in [0.2, 0.25) is 0 Å². The van der Waals surface area contributed by atoms with E-state index in [1.54, 1.807) is 32.2 Å². The van der Waals surface area contributed by atoms with Gasteiger partial charge >= 0.3 is 0 Å². The molecular formula is C22H28N2O6S. The second-order valence-corrected chi connectivity index (χ2v) is 9.16. The van der Waals surface area contributed by atoms with Crippen molar-refractivity contribution in [2.75, 3.05) is 37.4 Å². The van der Waals surface area contributed by atoms with Crippen LogP contribution in [0.25, 0.3) is 0 Å². The first-order chi connectivity index (χ1) is 14.8. The van der Waals surface area contributed by atoms with E-state index in [1.165, 1.54) is 0 Å². The van der Waals surface area contributed by atoms with Crippen molar-refractivity contribution in [1.29, 1.82) is 0 Å². The summed E-state index contributed by atoms with van der Waals surface area (Å²) < 4.78 is 42.2. The van der Waals surface area contributed by atoms with Crippen LogP contribution in [0.15, 0.2) is 42.5 Å². The Balaban J connectivity index is 1.61. The van der Waals surface area contributed by atoms with Gasteiger partial charge in [-0.3, -0.25) is 9.10 Å². The molecule has 168 valence electrons. The number of nitrogens with zero attached hydrogens (tertiary/aromatic N) is 1. The maximum absolute atomic E-state index is 12.7. The van der Waals surface area contributed by atoms with Crippen LogP contribution in [-0.2, 0) is 21.2 Å². The lowest BCUT2D eigenvalue weighted by atomic mass is 10.1. The monoisotopic (exact) mass is 448 g/mol. The Labute approximate surface area is 183 Å². The number of methoxy groups -OCH3 is 1. The fraction of sp³-hybridized carbons (Fsp3) is 0.409. The van der Waals surface area contributed by atoms with Crippen molar-refractivity contribution in [2.45, 2.75) is 25.8 Å². The van der Waals surface area contributed by atoms with Crippen molar-refractivity contribution in [3.8, 4) is 17.2 Å². The number of amides is 1. The van der Waals surface area contributed by atoms with Crippen molar-refractivity contribution in [2.24, 2.45) is 0 Å². The van der Waals surface area contributed by atoms with Crippen LogP contribution in [0, 0.1) is 0 Å². The summed E-state index contributed by atoms with van der Waals surface area (Å²) in [5.41, 5.74) is 1.49. The summed E-state index contributed by atoms with van der Waals surface area (Å²) in [6.07, 6.45) is 2.60. The molecule has 2 aromatic rings. The standard InChI is InChI=1S/C22H28N2O6S/c1-16(22(25)23-12-4-5-17-6-9-19(28-2)10-7-17)24(31(3,26)27)18-8-11-20-21(15-18)30-14-13-29-20/h6-11,15-16H,4-5,12-14H2,1-3H3,(H,23,25)/t16-/m0/s1. The topological polar surface area (TPSA) is 94.2 Å². The van der Waals surface area contributed by atoms with Crippen LogP contribution in [0.3, 0.4) is 0 Å². The van der Waals surface area contributed by atoms with E-state index in [4.69, 9.17) is 14.2 Å². The lowest BCUT2D eigenvalue weighted by Gasteiger charge is -2.29. The molecule has 1 aliphatic rings. The Morgan fingerprint density at radius 1 is 1.13 bits per heavy atom. The Kier molecular flexibility index (Phi) is 7.27. The zero-order valence-corrected chi connectivity index (χ0v) is 18.8. The summed E-state index contributed by atoms with van der Waals surface area (Å²) in [6.45, 7) is 2.83. The van der Waals surface area contributed by atoms with Gasteiger partial charge in [0.2, 0.25) is 15.9 Å². The maximum Gasteiger partial charge on any atom is 0.243 e. The number of nitrogens with one attached hydrogen (secondary N) is 1. The first kappa shape index (κ1) is 22.7. The Morgan fingerprint density at radius 2 is 1.81 bits per heavy atom. The highest BCUT2D eigenvalue weighted by Gasteiger charge is 2.30. The molecule has 0 saturated heterocycles. The van der Waals surface area contributed by atoms with Gasteiger partial charge in [-0.25, -0.2) is 8.42 Å². The number of hydrogen-bond donors (Lipinski definition) is 1. The van der Waals surface area contributed by atoms with Crippen LogP contribution in [0.5, 0.6) is 17.2 Å². The lowest BCUT2D eigenvalue weighted by Crippen LogP contribution is -2.48. The van der Waals surface area contributed by atoms with Crippen molar-refractivity contribution >= 4 is 21.6 Å². The molecule has 0 fully saturated rings. The Hall–Kier alpha value is -2.94. The quantitative estimate of drug-likeness (QED) is 0.592. The number of rotatable bonds is 9. The van der Waals surface area contributed by atoms with Gasteiger partial charge in [-0.15, -0.1) is 0 Å². The minimum atomic E-state index is -3.70. The molecule has 1 aliphatic heterocycles. The minimum absolute atomic E-state index is 0.354. The lowest BCUT2D eigenvalue weighted by molar-refractivity contribution is -0.121. The number of carbonyl (C=O) groups excluding carboxylic acids is 1. The molecule has 8 nitrogen and oxygen atoms in total. The van der Waals surface area contributed by atoms with Crippen LogP contribution in [0.4, 0.5) is 5.69 Å². The van der Waals surface area contributed by atoms with E-state index in [9.17, 15) is 13.2 Å². The molecule has 0 saturated carbocycles. The molecule has 31 heavy (non-hydrogen) atoms. The van der Waals surface area contributed by atoms with Crippen LogP contribution in [-0.4, -0.2) is 53.5 Å². The van der Waals surface area contributed by atoms with Gasteiger partial charge < -0.3 is 19.5 Å². The summed E-state index contributed by atoms with van der Waals surface area (Å²) in [6, 6.07) is 11.7. The Bertz CT molecular complexity index is 1010. The van der Waals surface area contributed by atoms with Gasteiger partial charge in [0.05, 0.1) is 19.1 Å². The highest BCUT2D eigenvalue weighted by Crippen LogP contribution is 2.35. The molecule has 0 radical (unpaired) electrons. The molecule has 0 aromatic heterocycles. The second kappa shape index (κ2) is 9.91. The number of ether oxygens (including phenoxy) is 3. The first-order valence-electron chi connectivity index (χ1n) is 10.1. The number of sulfonamides is 1. The second-order valence-electron chi connectivity index (χ2n) is 7.31. The van der Waals surface area contributed by atoms with Gasteiger partial charge in [0.1, 0.15) is 25.0 Å². The third-order valence-corrected chi connectivity index (χ3v) is 6.21. The molecule has 2 aromatic carbocycles. The van der Waals surface area contributed by atoms with Crippen LogP contribution >= 0.6 is 0 Å². The number of hydrogen-bond acceptors (Lipinski definition) is 6. The molecule has 0 aliphatic carbocycles. The molecule has 0 bridgehead atoms. The molecule has 9 heteroatoms. The van der Waals surface area contributed by atoms with Gasteiger partial charge in [-0.2, -0.15) is 0 Å². The molecule has 0 unspecified atom stereocenters. The fourth-order valence-corrected chi connectivity index (χ4v) is 4.59. The average molecular weight is 449 g/mol. The highest BCUT2D eigenvalue weighted by atomic mass is 32.2. The maximum atomic E-state index is 12.7. The van der Waals surface area contributed by atoms with Crippen molar-refractivity contribution < 1.29 is 27.4 Å². The van der Waals surface area contributed by atoms with Gasteiger partial charge in [0.25, 0.3) is 0 Å². The van der Waals surface area contributed by atoms with Gasteiger partial charge in [0.15, 0.2) is 11.5 Å². The molecular weight excluding hydrogens is 420 g/mol. The minimum Gasteiger partial charge on any atom is -0.497 e. The molecule has 0 spiro atoms. The zero-order valence-electron chi connectivity index (χ0n) is 18.0. The highest BCUT2D eigenvalue weighted by molar-refractivity contribution is 7.92. The summed E-state index contributed by atoms with van der Waals surface area (Å²) in [7, 11) is -2.08. The van der Waals surface area contributed by atoms with E-state index in [2.05, 4.69) is 5.32 Å². The first-order valence-corrected chi connectivity index (χ1v) is 11.9. The number of anilines is 1. The SMILES string of the molecule is COc1ccc(CCCNC(=O)[C@H](C)N(c2ccc3c(c2)OCCO3)S(C)(=O)=O)cc1. The molecule has 1 N–H and O–H groups in total. The number of benzene rings is 2. The van der Waals surface area contributed by atoms with E-state index in [-0.39, 0.29) is 5.91 Å². The number of fused-ring (bicyclic) bond motifs is 1. The van der Waals surface area contributed by atoms with E-state index < -0.39 is 16.1 Å². The van der Waals surface area contributed by atoms with Crippen molar-refractivity contribution in [3.05, 3.63) is 48.0 Å². The molecule has 1 atom stereocenters. The van der Waals surface area contributed by atoms with E-state index in [0.717, 1.165) is 34.7 Å². The van der Waals surface area contributed by atoms with E-state index in [0.29, 0.717) is 36.9 Å². The summed E-state index contributed by atoms with van der Waals surface area (Å²) >= 11 is 0. The van der Waals surface area contributed by atoms with Gasteiger partial charge in [-0.05, 0) is 49.6 Å². The number of aryl methyl sites for hydroxylation is 1. The van der Waals surface area contributed by atoms with Crippen LogP contribution < -0.4 is 23.8 Å². The number of carbonyl (C=O) groups is 1. The summed E-state index contributed by atoms with van der Waals surface area (Å²) in [5.74, 6) is 1.45. The van der Waals surface area contributed by atoms with E-state index in [1.807, 2.05) is 24.3 Å². The molecule has 1 heterocycles. The van der Waals surface area contributed by atoms with Crippen molar-refractivity contribution in [3.63, 3.8) is 0 Å². The summed E-state index contributed by atoms with van der Waals surface area (Å²) in [5, 5.41) is 2.83. The predicted octanol–water partition coefficient (Wildman–Crippen LogP) is 2.37. The predicted molar refractivity (Wildman–Crippen MR) is 119 cm³/mol. The fourth-order valence-electron chi connectivity index (χ4n) is 3.42. The molecule has 3 rings (SSSR count). The smallest absolute Gasteiger partial charge is 0.243 e. The third-order valence-electron chi connectivity index (χ3n) is 4.97. The molecule has 1 amide bonds. The van der Waals surface area contributed by atoms with Crippen LogP contribution in [0.1, 0.15) is 18.9 Å². The normalized spacial score (nSPS) is 13.9. The van der Waals surface area contributed by atoms with Crippen molar-refractivity contribution in [1.82, 2.24) is 5.32 Å². The van der Waals surface area contributed by atoms with Gasteiger partial charge in [0, 0.05) is 12.6 Å². The van der Waals surface area contributed by atoms with Gasteiger partial charge in [-0.1, -0.05) is 12.1 Å². The zero-order chi connectivity index (χ0) is 22.4. The largest absolute Gasteiger partial charge is 0.497 e. The average Bonchev–Trinajstić information content (AvgIpc) is 2.76. The summed E-state index contributed by atoms with van der Waals surface area (Å²) in [4.78, 5) is 12.7. The third kappa shape index (κ3) is 5.81. The van der Waals surface area contributed by atoms with E-state index >= 15 is 0 Å². The Morgan fingerprint density at radius 3 is 2.45 bits per heavy atom.